The number of nitrogens with one attached hydrogen (secondary N) is 1. The lowest BCUT2D eigenvalue weighted by Gasteiger charge is -2.16. The molecule has 21 heavy (non-hydrogen) atoms. The van der Waals surface area contributed by atoms with Crippen molar-refractivity contribution in [2.75, 3.05) is 11.9 Å². The number of aromatic amines is 1. The summed E-state index contributed by atoms with van der Waals surface area (Å²) in [7, 11) is 1.62. The molecule has 110 valence electrons. The van der Waals surface area contributed by atoms with Gasteiger partial charge in [0.15, 0.2) is 0 Å². The highest BCUT2D eigenvalue weighted by atomic mass is 16.2. The van der Waals surface area contributed by atoms with Gasteiger partial charge < -0.3 is 9.88 Å². The Bertz CT molecular complexity index is 662. The van der Waals surface area contributed by atoms with Gasteiger partial charge in [-0.3, -0.25) is 9.59 Å². The largest absolute Gasteiger partial charge is 0.324 e. The number of carbonyl (C=O) groups excluding carboxylic acids is 1. The topological polar surface area (TPSA) is 53.2 Å². The number of aryl methyl sites for hydroxylation is 1. The third-order valence-corrected chi connectivity index (χ3v) is 3.44. The molecule has 0 aliphatic rings. The number of pyridine rings is 1. The van der Waals surface area contributed by atoms with Gasteiger partial charge >= 0.3 is 0 Å². The van der Waals surface area contributed by atoms with Crippen LogP contribution in [0.1, 0.15) is 35.8 Å². The standard InChI is InChI=1S/C17H20N2O2/c1-3-4-10-14-11-12-15(16(20)18-14)19(2)17(21)13-8-6-5-7-9-13/h5-9,11-12H,3-4,10H2,1-2H3,(H,18,20). The number of benzene rings is 1. The summed E-state index contributed by atoms with van der Waals surface area (Å²) in [5, 5.41) is 0. The molecule has 1 amide bonds. The average Bonchev–Trinajstić information content (AvgIpc) is 2.52. The zero-order valence-corrected chi connectivity index (χ0v) is 12.4. The molecular weight excluding hydrogens is 264 g/mol. The molecule has 0 aliphatic carbocycles. The van der Waals surface area contributed by atoms with Gasteiger partial charge in [-0.2, -0.15) is 0 Å². The van der Waals surface area contributed by atoms with Gasteiger partial charge in [-0.05, 0) is 37.1 Å². The number of anilines is 1. The van der Waals surface area contributed by atoms with Gasteiger partial charge in [-0.15, -0.1) is 0 Å². The van der Waals surface area contributed by atoms with E-state index in [9.17, 15) is 9.59 Å². The van der Waals surface area contributed by atoms with Gasteiger partial charge in [0.2, 0.25) is 0 Å². The molecule has 0 bridgehead atoms. The van der Waals surface area contributed by atoms with E-state index in [1.54, 1.807) is 37.4 Å². The van der Waals surface area contributed by atoms with E-state index in [2.05, 4.69) is 11.9 Å². The number of carbonyl (C=O) groups is 1. The zero-order chi connectivity index (χ0) is 15.2. The molecule has 1 aromatic heterocycles. The minimum atomic E-state index is -0.226. The summed E-state index contributed by atoms with van der Waals surface area (Å²) in [5.41, 5.74) is 1.61. The summed E-state index contributed by atoms with van der Waals surface area (Å²) in [4.78, 5) is 28.7. The van der Waals surface area contributed by atoms with Crippen LogP contribution in [0.2, 0.25) is 0 Å². The maximum Gasteiger partial charge on any atom is 0.272 e. The van der Waals surface area contributed by atoms with Crippen molar-refractivity contribution in [1.29, 1.82) is 0 Å². The van der Waals surface area contributed by atoms with E-state index in [-0.39, 0.29) is 11.5 Å². The first kappa shape index (κ1) is 15.0. The Balaban J connectivity index is 2.21. The number of H-pyrrole nitrogens is 1. The first-order chi connectivity index (χ1) is 10.1. The van der Waals surface area contributed by atoms with Crippen LogP contribution in [0.3, 0.4) is 0 Å². The predicted molar refractivity (Wildman–Crippen MR) is 84.9 cm³/mol. The lowest BCUT2D eigenvalue weighted by Crippen LogP contribution is -2.31. The van der Waals surface area contributed by atoms with Gasteiger partial charge in [0.25, 0.3) is 11.5 Å². The van der Waals surface area contributed by atoms with E-state index in [1.165, 1.54) is 4.90 Å². The predicted octanol–water partition coefficient (Wildman–Crippen LogP) is 2.99. The molecule has 2 aromatic rings. The lowest BCUT2D eigenvalue weighted by molar-refractivity contribution is 0.0992. The van der Waals surface area contributed by atoms with E-state index < -0.39 is 0 Å². The summed E-state index contributed by atoms with van der Waals surface area (Å²) in [6, 6.07) is 12.5. The number of unbranched alkanes of at least 4 members (excludes halogenated alkanes) is 1. The number of amides is 1. The Morgan fingerprint density at radius 2 is 1.86 bits per heavy atom. The third-order valence-electron chi connectivity index (χ3n) is 3.44. The Hall–Kier alpha value is -2.36. The Morgan fingerprint density at radius 3 is 2.48 bits per heavy atom. The van der Waals surface area contributed by atoms with Crippen molar-refractivity contribution in [3.8, 4) is 0 Å². The molecule has 0 atom stereocenters. The molecule has 2 rings (SSSR count). The van der Waals surface area contributed by atoms with Crippen LogP contribution < -0.4 is 10.5 Å². The van der Waals surface area contributed by atoms with Gasteiger partial charge in [-0.1, -0.05) is 31.5 Å². The van der Waals surface area contributed by atoms with Crippen LogP contribution in [-0.4, -0.2) is 17.9 Å². The zero-order valence-electron chi connectivity index (χ0n) is 12.4. The Kier molecular flexibility index (Phi) is 4.93. The lowest BCUT2D eigenvalue weighted by atomic mass is 10.1. The molecule has 0 fully saturated rings. The molecule has 1 N–H and O–H groups in total. The molecule has 0 unspecified atom stereocenters. The van der Waals surface area contributed by atoms with Gasteiger partial charge in [0.1, 0.15) is 5.69 Å². The van der Waals surface area contributed by atoms with Crippen LogP contribution in [0.4, 0.5) is 5.69 Å². The average molecular weight is 284 g/mol. The second kappa shape index (κ2) is 6.88. The molecule has 1 heterocycles. The summed E-state index contributed by atoms with van der Waals surface area (Å²) in [5.74, 6) is -0.192. The summed E-state index contributed by atoms with van der Waals surface area (Å²) >= 11 is 0. The first-order valence-electron chi connectivity index (χ1n) is 7.18. The highest BCUT2D eigenvalue weighted by molar-refractivity contribution is 6.05. The van der Waals surface area contributed by atoms with Crippen molar-refractivity contribution < 1.29 is 4.79 Å². The molecule has 1 aromatic carbocycles. The summed E-state index contributed by atoms with van der Waals surface area (Å²) in [6.07, 6.45) is 2.96. The third kappa shape index (κ3) is 3.60. The van der Waals surface area contributed by atoms with Crippen LogP contribution in [0, 0.1) is 0 Å². The van der Waals surface area contributed by atoms with Gasteiger partial charge in [0.05, 0.1) is 0 Å². The van der Waals surface area contributed by atoms with E-state index in [0.717, 1.165) is 25.0 Å². The number of nitrogens with zero attached hydrogens (tertiary/aromatic N) is 1. The second-order valence-corrected chi connectivity index (χ2v) is 5.03. The smallest absolute Gasteiger partial charge is 0.272 e. The Labute approximate surface area is 124 Å². The molecule has 4 heteroatoms. The Morgan fingerprint density at radius 1 is 1.14 bits per heavy atom. The number of hydrogen-bond acceptors (Lipinski definition) is 2. The van der Waals surface area contributed by atoms with Crippen molar-refractivity contribution in [3.63, 3.8) is 0 Å². The normalized spacial score (nSPS) is 10.4. The maximum atomic E-state index is 12.3. The molecule has 0 saturated heterocycles. The fraction of sp³-hybridized carbons (Fsp3) is 0.294. The second-order valence-electron chi connectivity index (χ2n) is 5.03. The highest BCUT2D eigenvalue weighted by Crippen LogP contribution is 2.12. The summed E-state index contributed by atoms with van der Waals surface area (Å²) < 4.78 is 0. The van der Waals surface area contributed by atoms with Crippen molar-refractivity contribution in [2.45, 2.75) is 26.2 Å². The number of hydrogen-bond donors (Lipinski definition) is 1. The van der Waals surface area contributed by atoms with Crippen LogP contribution >= 0.6 is 0 Å². The van der Waals surface area contributed by atoms with Gasteiger partial charge in [-0.25, -0.2) is 0 Å². The van der Waals surface area contributed by atoms with Crippen LogP contribution in [0.5, 0.6) is 0 Å². The molecule has 0 saturated carbocycles. The van der Waals surface area contributed by atoms with Crippen molar-refractivity contribution in [3.05, 3.63) is 64.1 Å². The van der Waals surface area contributed by atoms with E-state index in [4.69, 9.17) is 0 Å². The fourth-order valence-corrected chi connectivity index (χ4v) is 2.17. The quantitative estimate of drug-likeness (QED) is 0.917. The molecule has 0 aliphatic heterocycles. The number of aromatic nitrogens is 1. The SMILES string of the molecule is CCCCc1ccc(N(C)C(=O)c2ccccc2)c(=O)[nH]1. The molecular formula is C17H20N2O2. The minimum Gasteiger partial charge on any atom is -0.324 e. The van der Waals surface area contributed by atoms with Crippen LogP contribution in [0.25, 0.3) is 0 Å². The van der Waals surface area contributed by atoms with Crippen LogP contribution in [-0.2, 0) is 6.42 Å². The maximum absolute atomic E-state index is 12.3. The number of rotatable bonds is 5. The summed E-state index contributed by atoms with van der Waals surface area (Å²) in [6.45, 7) is 2.11. The van der Waals surface area contributed by atoms with Crippen molar-refractivity contribution in [1.82, 2.24) is 4.98 Å². The van der Waals surface area contributed by atoms with Crippen molar-refractivity contribution >= 4 is 11.6 Å². The van der Waals surface area contributed by atoms with Crippen molar-refractivity contribution in [2.24, 2.45) is 0 Å². The fourth-order valence-electron chi connectivity index (χ4n) is 2.17. The molecule has 0 spiro atoms. The van der Waals surface area contributed by atoms with E-state index >= 15 is 0 Å². The molecule has 4 nitrogen and oxygen atoms in total. The first-order valence-corrected chi connectivity index (χ1v) is 7.18. The van der Waals surface area contributed by atoms with Crippen LogP contribution in [0.15, 0.2) is 47.3 Å². The van der Waals surface area contributed by atoms with E-state index in [1.807, 2.05) is 12.1 Å². The minimum absolute atomic E-state index is 0.192. The highest BCUT2D eigenvalue weighted by Gasteiger charge is 2.15. The molecule has 0 radical (unpaired) electrons. The van der Waals surface area contributed by atoms with Gasteiger partial charge in [0, 0.05) is 18.3 Å². The van der Waals surface area contributed by atoms with E-state index in [0.29, 0.717) is 11.3 Å². The monoisotopic (exact) mass is 284 g/mol.